The summed E-state index contributed by atoms with van der Waals surface area (Å²) >= 11 is 3.18. The van der Waals surface area contributed by atoms with Gasteiger partial charge < -0.3 is 20.7 Å². The fourth-order valence-electron chi connectivity index (χ4n) is 1.16. The Hall–Kier alpha value is -1.11. The minimum Gasteiger partial charge on any atom is -0.467 e. The maximum atomic E-state index is 11.0. The number of rotatable bonds is 3. The van der Waals surface area contributed by atoms with Crippen molar-refractivity contribution in [3.63, 3.8) is 0 Å². The number of halogens is 1. The van der Waals surface area contributed by atoms with Crippen LogP contribution in [0.5, 0.6) is 0 Å². The number of nitrogen functional groups attached to an aromatic ring is 1. The molecule has 4 N–H and O–H groups in total. The molecule has 0 bridgehead atoms. The van der Waals surface area contributed by atoms with Crippen molar-refractivity contribution >= 4 is 27.6 Å². The van der Waals surface area contributed by atoms with Gasteiger partial charge in [-0.15, -0.1) is 0 Å². The van der Waals surface area contributed by atoms with Gasteiger partial charge in [-0.25, -0.2) is 4.79 Å². The number of anilines is 1. The fourth-order valence-corrected chi connectivity index (χ4v) is 1.56. The zero-order valence-electron chi connectivity index (χ0n) is 8.55. The van der Waals surface area contributed by atoms with Gasteiger partial charge in [0.2, 0.25) is 0 Å². The molecule has 16 heavy (non-hydrogen) atoms. The molecule has 5 nitrogen and oxygen atoms in total. The summed E-state index contributed by atoms with van der Waals surface area (Å²) in [6.07, 6.45) is -2.95. The Morgan fingerprint density at radius 1 is 1.50 bits per heavy atom. The summed E-state index contributed by atoms with van der Waals surface area (Å²) in [5, 5.41) is 19.1. The molecule has 1 aromatic rings. The van der Waals surface area contributed by atoms with E-state index in [1.807, 2.05) is 0 Å². The molecule has 2 atom stereocenters. The van der Waals surface area contributed by atoms with Gasteiger partial charge in [-0.3, -0.25) is 0 Å². The number of ether oxygens (including phenoxy) is 1. The Bertz CT molecular complexity index is 396. The van der Waals surface area contributed by atoms with Crippen molar-refractivity contribution < 1.29 is 19.7 Å². The molecule has 1 aromatic carbocycles. The molecule has 0 fully saturated rings. The summed E-state index contributed by atoms with van der Waals surface area (Å²) < 4.78 is 4.91. The Morgan fingerprint density at radius 2 is 2.12 bits per heavy atom. The second-order valence-corrected chi connectivity index (χ2v) is 4.05. The first kappa shape index (κ1) is 13.0. The van der Waals surface area contributed by atoms with Crippen molar-refractivity contribution in [2.24, 2.45) is 0 Å². The van der Waals surface area contributed by atoms with Crippen LogP contribution in [-0.2, 0) is 9.53 Å². The van der Waals surface area contributed by atoms with E-state index in [1.54, 1.807) is 6.07 Å². The van der Waals surface area contributed by atoms with E-state index in [9.17, 15) is 15.0 Å². The molecule has 0 aromatic heterocycles. The Labute approximate surface area is 101 Å². The molecule has 1 rings (SSSR count). The quantitative estimate of drug-likeness (QED) is 0.560. The highest BCUT2D eigenvalue weighted by Gasteiger charge is 2.26. The minimum absolute atomic E-state index is 0.374. The number of carbonyl (C=O) groups excluding carboxylic acids is 1. The van der Waals surface area contributed by atoms with Crippen molar-refractivity contribution in [1.29, 1.82) is 0 Å². The second-order valence-electron chi connectivity index (χ2n) is 3.19. The third-order valence-corrected chi connectivity index (χ3v) is 2.79. The first-order chi connectivity index (χ1) is 7.47. The van der Waals surface area contributed by atoms with Gasteiger partial charge in [-0.2, -0.15) is 0 Å². The van der Waals surface area contributed by atoms with Gasteiger partial charge in [0.05, 0.1) is 7.11 Å². The predicted octanol–water partition coefficient (Wildman–Crippen LogP) is 0.599. The van der Waals surface area contributed by atoms with E-state index in [4.69, 9.17) is 5.73 Å². The molecule has 0 heterocycles. The lowest BCUT2D eigenvalue weighted by Gasteiger charge is -2.16. The Morgan fingerprint density at radius 3 is 2.62 bits per heavy atom. The van der Waals surface area contributed by atoms with E-state index in [-0.39, 0.29) is 0 Å². The molecule has 2 unspecified atom stereocenters. The number of hydrogen-bond donors (Lipinski definition) is 3. The number of hydrogen-bond acceptors (Lipinski definition) is 5. The fraction of sp³-hybridized carbons (Fsp3) is 0.300. The van der Waals surface area contributed by atoms with Crippen molar-refractivity contribution in [3.05, 3.63) is 28.2 Å². The molecular formula is C10H12BrNO4. The van der Waals surface area contributed by atoms with Crippen molar-refractivity contribution in [3.8, 4) is 0 Å². The Kier molecular flexibility index (Phi) is 4.28. The van der Waals surface area contributed by atoms with Crippen molar-refractivity contribution in [2.75, 3.05) is 12.8 Å². The van der Waals surface area contributed by atoms with Crippen molar-refractivity contribution in [2.45, 2.75) is 12.2 Å². The van der Waals surface area contributed by atoms with Crippen LogP contribution in [0.1, 0.15) is 11.7 Å². The van der Waals surface area contributed by atoms with Crippen molar-refractivity contribution in [1.82, 2.24) is 0 Å². The highest BCUT2D eigenvalue weighted by molar-refractivity contribution is 9.10. The van der Waals surface area contributed by atoms with Crippen LogP contribution in [-0.4, -0.2) is 29.4 Å². The van der Waals surface area contributed by atoms with Gasteiger partial charge in [0.15, 0.2) is 6.10 Å². The van der Waals surface area contributed by atoms with Gasteiger partial charge >= 0.3 is 5.97 Å². The number of methoxy groups -OCH3 is 1. The summed E-state index contributed by atoms with van der Waals surface area (Å²) in [6, 6.07) is 4.62. The Balaban J connectivity index is 2.91. The largest absolute Gasteiger partial charge is 0.467 e. The monoisotopic (exact) mass is 289 g/mol. The smallest absolute Gasteiger partial charge is 0.337 e. The second kappa shape index (κ2) is 5.29. The number of benzene rings is 1. The molecular weight excluding hydrogens is 278 g/mol. The van der Waals surface area contributed by atoms with E-state index < -0.39 is 18.2 Å². The average molecular weight is 290 g/mol. The molecule has 0 aliphatic heterocycles. The first-order valence-corrected chi connectivity index (χ1v) is 5.25. The number of carbonyl (C=O) groups is 1. The molecule has 0 saturated heterocycles. The molecule has 0 radical (unpaired) electrons. The number of nitrogens with two attached hydrogens (primary N) is 1. The average Bonchev–Trinajstić information content (AvgIpc) is 2.29. The summed E-state index contributed by atoms with van der Waals surface area (Å²) in [5.41, 5.74) is 6.45. The van der Waals surface area contributed by atoms with Crippen LogP contribution < -0.4 is 5.73 Å². The maximum absolute atomic E-state index is 11.0. The van der Waals surface area contributed by atoms with E-state index in [2.05, 4.69) is 20.7 Å². The molecule has 0 aliphatic carbocycles. The zero-order chi connectivity index (χ0) is 12.3. The molecule has 0 saturated carbocycles. The normalized spacial score (nSPS) is 14.2. The number of esters is 1. The molecule has 88 valence electrons. The summed E-state index contributed by atoms with van der Waals surface area (Å²) in [7, 11) is 1.14. The van der Waals surface area contributed by atoms with E-state index in [0.717, 1.165) is 7.11 Å². The topological polar surface area (TPSA) is 92.8 Å². The molecule has 6 heteroatoms. The van der Waals surface area contributed by atoms with Crippen LogP contribution in [0.25, 0.3) is 0 Å². The summed E-state index contributed by atoms with van der Waals surface area (Å²) in [5.74, 6) is -0.888. The van der Waals surface area contributed by atoms with Gasteiger partial charge in [-0.05, 0) is 33.6 Å². The van der Waals surface area contributed by atoms with Crippen LogP contribution in [0.15, 0.2) is 22.7 Å². The predicted molar refractivity (Wildman–Crippen MR) is 61.5 cm³/mol. The van der Waals surface area contributed by atoms with E-state index >= 15 is 0 Å². The SMILES string of the molecule is COC(=O)C(O)C(O)c1ccc(N)c(Br)c1. The number of aliphatic hydroxyl groups excluding tert-OH is 2. The number of aliphatic hydroxyl groups is 2. The van der Waals surface area contributed by atoms with Gasteiger partial charge in [0.1, 0.15) is 6.10 Å². The summed E-state index contributed by atoms with van der Waals surface area (Å²) in [4.78, 5) is 11.0. The van der Waals surface area contributed by atoms with Crippen LogP contribution >= 0.6 is 15.9 Å². The van der Waals surface area contributed by atoms with Gasteiger partial charge in [0.25, 0.3) is 0 Å². The molecule has 0 amide bonds. The lowest BCUT2D eigenvalue weighted by atomic mass is 10.0. The lowest BCUT2D eigenvalue weighted by Crippen LogP contribution is -2.29. The zero-order valence-corrected chi connectivity index (χ0v) is 10.1. The highest BCUT2D eigenvalue weighted by Crippen LogP contribution is 2.25. The van der Waals surface area contributed by atoms with E-state index in [1.165, 1.54) is 12.1 Å². The standard InChI is InChI=1S/C10H12BrNO4/c1-16-10(15)9(14)8(13)5-2-3-7(12)6(11)4-5/h2-4,8-9,13-14H,12H2,1H3. The van der Waals surface area contributed by atoms with Gasteiger partial charge in [0, 0.05) is 10.2 Å². The third-order valence-electron chi connectivity index (χ3n) is 2.11. The minimum atomic E-state index is -1.61. The first-order valence-electron chi connectivity index (χ1n) is 4.46. The van der Waals surface area contributed by atoms with Crippen LogP contribution in [0.4, 0.5) is 5.69 Å². The molecule has 0 spiro atoms. The lowest BCUT2D eigenvalue weighted by molar-refractivity contribution is -0.156. The maximum Gasteiger partial charge on any atom is 0.337 e. The van der Waals surface area contributed by atoms with Gasteiger partial charge in [-0.1, -0.05) is 6.07 Å². The van der Waals surface area contributed by atoms with Crippen LogP contribution in [0.3, 0.4) is 0 Å². The van der Waals surface area contributed by atoms with Crippen LogP contribution in [0.2, 0.25) is 0 Å². The van der Waals surface area contributed by atoms with Crippen LogP contribution in [0, 0.1) is 0 Å². The molecule has 0 aliphatic rings. The summed E-state index contributed by atoms with van der Waals surface area (Å²) in [6.45, 7) is 0. The van der Waals surface area contributed by atoms with E-state index in [0.29, 0.717) is 15.7 Å². The third kappa shape index (κ3) is 2.72. The highest BCUT2D eigenvalue weighted by atomic mass is 79.9.